The zero-order chi connectivity index (χ0) is 12.4. The van der Waals surface area contributed by atoms with Gasteiger partial charge in [-0.05, 0) is 31.0 Å². The standard InChI is InChI=1S/C13H18ClN3/c1-3-9(2)17-12(8-16-13(17)15)10-4-6-11(14)7-5-10/h4-7,9,12H,3,8H2,1-2H3,(H2,15,16). The lowest BCUT2D eigenvalue weighted by Crippen LogP contribution is -2.42. The van der Waals surface area contributed by atoms with Crippen molar-refractivity contribution in [3.63, 3.8) is 0 Å². The topological polar surface area (TPSA) is 41.6 Å². The van der Waals surface area contributed by atoms with E-state index in [-0.39, 0.29) is 6.04 Å². The number of rotatable bonds is 3. The van der Waals surface area contributed by atoms with Gasteiger partial charge in [0.2, 0.25) is 0 Å². The minimum absolute atomic E-state index is 0.252. The van der Waals surface area contributed by atoms with E-state index in [0.29, 0.717) is 12.0 Å². The summed E-state index contributed by atoms with van der Waals surface area (Å²) in [5.41, 5.74) is 7.18. The summed E-state index contributed by atoms with van der Waals surface area (Å²) in [6.45, 7) is 5.07. The summed E-state index contributed by atoms with van der Waals surface area (Å²) in [4.78, 5) is 6.55. The van der Waals surface area contributed by atoms with E-state index in [4.69, 9.17) is 17.3 Å². The fourth-order valence-electron chi connectivity index (χ4n) is 2.19. The Labute approximate surface area is 107 Å². The molecule has 92 valence electrons. The van der Waals surface area contributed by atoms with E-state index in [0.717, 1.165) is 18.0 Å². The van der Waals surface area contributed by atoms with Crippen LogP contribution in [0.1, 0.15) is 31.9 Å². The SMILES string of the molecule is CCC(C)N1C(N)=NCC1c1ccc(Cl)cc1. The van der Waals surface area contributed by atoms with Crippen LogP contribution in [-0.4, -0.2) is 23.4 Å². The first kappa shape index (κ1) is 12.2. The third-order valence-electron chi connectivity index (χ3n) is 3.35. The van der Waals surface area contributed by atoms with E-state index < -0.39 is 0 Å². The lowest BCUT2D eigenvalue weighted by atomic mass is 10.0. The third-order valence-corrected chi connectivity index (χ3v) is 3.60. The molecule has 1 aliphatic heterocycles. The first-order chi connectivity index (χ1) is 8.13. The van der Waals surface area contributed by atoms with Gasteiger partial charge in [0.05, 0.1) is 12.6 Å². The molecule has 1 aromatic carbocycles. The Morgan fingerprint density at radius 2 is 2.12 bits per heavy atom. The number of halogens is 1. The monoisotopic (exact) mass is 251 g/mol. The molecule has 0 bridgehead atoms. The van der Waals surface area contributed by atoms with Gasteiger partial charge >= 0.3 is 0 Å². The number of hydrogen-bond acceptors (Lipinski definition) is 3. The number of aliphatic imine (C=N–C) groups is 1. The highest BCUT2D eigenvalue weighted by Gasteiger charge is 2.30. The molecule has 0 amide bonds. The van der Waals surface area contributed by atoms with Crippen LogP contribution in [-0.2, 0) is 0 Å². The predicted octanol–water partition coefficient (Wildman–Crippen LogP) is 2.81. The smallest absolute Gasteiger partial charge is 0.192 e. The second-order valence-corrected chi connectivity index (χ2v) is 4.87. The van der Waals surface area contributed by atoms with E-state index in [1.807, 2.05) is 12.1 Å². The fourth-order valence-corrected chi connectivity index (χ4v) is 2.32. The van der Waals surface area contributed by atoms with Crippen LogP contribution in [0.25, 0.3) is 0 Å². The zero-order valence-corrected chi connectivity index (χ0v) is 11.0. The van der Waals surface area contributed by atoms with Crippen molar-refractivity contribution < 1.29 is 0 Å². The summed E-state index contributed by atoms with van der Waals surface area (Å²) in [5.74, 6) is 0.652. The fraction of sp³-hybridized carbons (Fsp3) is 0.462. The minimum Gasteiger partial charge on any atom is -0.370 e. The summed E-state index contributed by atoms with van der Waals surface area (Å²) in [7, 11) is 0. The molecule has 2 N–H and O–H groups in total. The van der Waals surface area contributed by atoms with Gasteiger partial charge < -0.3 is 10.6 Å². The van der Waals surface area contributed by atoms with Gasteiger partial charge in [-0.15, -0.1) is 0 Å². The third kappa shape index (κ3) is 2.39. The molecule has 4 heteroatoms. The number of guanidine groups is 1. The van der Waals surface area contributed by atoms with Crippen molar-refractivity contribution in [2.45, 2.75) is 32.4 Å². The summed E-state index contributed by atoms with van der Waals surface area (Å²) in [6, 6.07) is 8.59. The molecule has 0 radical (unpaired) electrons. The van der Waals surface area contributed by atoms with Crippen molar-refractivity contribution >= 4 is 17.6 Å². The van der Waals surface area contributed by atoms with Gasteiger partial charge in [0.1, 0.15) is 0 Å². The van der Waals surface area contributed by atoms with Crippen LogP contribution in [0.2, 0.25) is 5.02 Å². The molecule has 0 spiro atoms. The average molecular weight is 252 g/mol. The minimum atomic E-state index is 0.252. The molecule has 0 aliphatic carbocycles. The van der Waals surface area contributed by atoms with Crippen LogP contribution in [0.5, 0.6) is 0 Å². The van der Waals surface area contributed by atoms with Crippen molar-refractivity contribution in [2.75, 3.05) is 6.54 Å². The van der Waals surface area contributed by atoms with Crippen LogP contribution >= 0.6 is 11.6 Å². The largest absolute Gasteiger partial charge is 0.370 e. The van der Waals surface area contributed by atoms with Crippen LogP contribution in [0.4, 0.5) is 0 Å². The van der Waals surface area contributed by atoms with Crippen molar-refractivity contribution in [1.29, 1.82) is 0 Å². The summed E-state index contributed by atoms with van der Waals surface area (Å²) in [6.07, 6.45) is 1.06. The first-order valence-electron chi connectivity index (χ1n) is 5.97. The van der Waals surface area contributed by atoms with Gasteiger partial charge in [-0.2, -0.15) is 0 Å². The van der Waals surface area contributed by atoms with Crippen LogP contribution in [0.3, 0.4) is 0 Å². The summed E-state index contributed by atoms with van der Waals surface area (Å²) >= 11 is 5.91. The molecule has 1 aliphatic rings. The Bertz CT molecular complexity index is 413. The van der Waals surface area contributed by atoms with Crippen molar-refractivity contribution in [1.82, 2.24) is 4.90 Å². The molecule has 1 heterocycles. The molecule has 17 heavy (non-hydrogen) atoms. The Morgan fingerprint density at radius 1 is 1.47 bits per heavy atom. The Balaban J connectivity index is 2.24. The van der Waals surface area contributed by atoms with Gasteiger partial charge in [-0.25, -0.2) is 0 Å². The van der Waals surface area contributed by atoms with Gasteiger partial charge in [0.15, 0.2) is 5.96 Å². The van der Waals surface area contributed by atoms with Gasteiger partial charge in [0.25, 0.3) is 0 Å². The van der Waals surface area contributed by atoms with E-state index >= 15 is 0 Å². The maximum atomic E-state index is 5.96. The van der Waals surface area contributed by atoms with Gasteiger partial charge in [-0.3, -0.25) is 4.99 Å². The van der Waals surface area contributed by atoms with E-state index in [1.165, 1.54) is 5.56 Å². The van der Waals surface area contributed by atoms with Crippen molar-refractivity contribution in [2.24, 2.45) is 10.7 Å². The maximum absolute atomic E-state index is 5.96. The second-order valence-electron chi connectivity index (χ2n) is 4.43. The second kappa shape index (κ2) is 4.96. The van der Waals surface area contributed by atoms with Crippen LogP contribution < -0.4 is 5.73 Å². The average Bonchev–Trinajstić information content (AvgIpc) is 2.71. The Hall–Kier alpha value is -1.22. The van der Waals surface area contributed by atoms with Crippen LogP contribution in [0, 0.1) is 0 Å². The molecule has 0 saturated carbocycles. The van der Waals surface area contributed by atoms with E-state index in [9.17, 15) is 0 Å². The number of nitrogens with zero attached hydrogens (tertiary/aromatic N) is 2. The predicted molar refractivity (Wildman–Crippen MR) is 72.3 cm³/mol. The summed E-state index contributed by atoms with van der Waals surface area (Å²) < 4.78 is 0. The highest BCUT2D eigenvalue weighted by atomic mass is 35.5. The highest BCUT2D eigenvalue weighted by molar-refractivity contribution is 6.30. The molecule has 0 saturated heterocycles. The molecular formula is C13H18ClN3. The summed E-state index contributed by atoms with van der Waals surface area (Å²) in [5, 5.41) is 0.760. The molecule has 0 fully saturated rings. The normalized spacial score (nSPS) is 21.5. The molecule has 2 atom stereocenters. The van der Waals surface area contributed by atoms with Crippen LogP contribution in [0.15, 0.2) is 29.3 Å². The van der Waals surface area contributed by atoms with Crippen molar-refractivity contribution in [3.8, 4) is 0 Å². The molecule has 2 rings (SSSR count). The van der Waals surface area contributed by atoms with Gasteiger partial charge in [-0.1, -0.05) is 30.7 Å². The molecule has 3 nitrogen and oxygen atoms in total. The molecule has 1 aromatic rings. The quantitative estimate of drug-likeness (QED) is 0.898. The lowest BCUT2D eigenvalue weighted by Gasteiger charge is -2.32. The molecular weight excluding hydrogens is 234 g/mol. The van der Waals surface area contributed by atoms with Gasteiger partial charge in [0, 0.05) is 11.1 Å². The van der Waals surface area contributed by atoms with E-state index in [1.54, 1.807) is 0 Å². The lowest BCUT2D eigenvalue weighted by molar-refractivity contribution is 0.268. The number of benzene rings is 1. The number of nitrogens with two attached hydrogens (primary N) is 1. The zero-order valence-electron chi connectivity index (χ0n) is 10.2. The van der Waals surface area contributed by atoms with Crippen molar-refractivity contribution in [3.05, 3.63) is 34.9 Å². The Kier molecular flexibility index (Phi) is 3.57. The number of hydrogen-bond donors (Lipinski definition) is 1. The highest BCUT2D eigenvalue weighted by Crippen LogP contribution is 2.29. The Morgan fingerprint density at radius 3 is 2.71 bits per heavy atom. The maximum Gasteiger partial charge on any atom is 0.192 e. The molecule has 2 unspecified atom stereocenters. The first-order valence-corrected chi connectivity index (χ1v) is 6.35. The molecule has 0 aromatic heterocycles. The van der Waals surface area contributed by atoms with E-state index in [2.05, 4.69) is 35.9 Å².